The normalized spacial score (nSPS) is 10.9. The Hall–Kier alpha value is -1.76. The Labute approximate surface area is 126 Å². The zero-order chi connectivity index (χ0) is 14.3. The summed E-state index contributed by atoms with van der Waals surface area (Å²) in [4.78, 5) is 15.4. The van der Waals surface area contributed by atoms with Crippen molar-refractivity contribution in [2.75, 3.05) is 0 Å². The number of hydrogen-bond acceptors (Lipinski definition) is 1. The third kappa shape index (κ3) is 2.22. The van der Waals surface area contributed by atoms with E-state index in [0.29, 0.717) is 25.6 Å². The van der Waals surface area contributed by atoms with Crippen LogP contribution in [0.1, 0.15) is 15.9 Å². The molecule has 0 saturated carbocycles. The van der Waals surface area contributed by atoms with Crippen LogP contribution >= 0.6 is 22.6 Å². The number of hydrogen-bond donors (Lipinski definition) is 1. The minimum atomic E-state index is -0.403. The van der Waals surface area contributed by atoms with Gasteiger partial charge in [-0.3, -0.25) is 4.79 Å². The second-order valence-corrected chi connectivity index (χ2v) is 5.51. The van der Waals surface area contributed by atoms with Gasteiger partial charge in [-0.05, 0) is 59.0 Å². The molecule has 5 heteroatoms. The molecule has 1 heterocycles. The molecule has 0 spiro atoms. The first-order valence-corrected chi connectivity index (χ1v) is 6.90. The molecular weight excluding hydrogens is 375 g/mol. The van der Waals surface area contributed by atoms with Crippen LogP contribution in [-0.4, -0.2) is 10.8 Å². The molecule has 0 bridgehead atoms. The summed E-state index contributed by atoms with van der Waals surface area (Å²) in [6, 6.07) is 8.20. The van der Waals surface area contributed by atoms with E-state index in [-0.39, 0.29) is 5.78 Å². The number of carbonyl (C=O) groups is 1. The van der Waals surface area contributed by atoms with E-state index in [1.165, 1.54) is 30.3 Å². The summed E-state index contributed by atoms with van der Waals surface area (Å²) in [5.74, 6) is -1.05. The molecule has 0 saturated heterocycles. The highest BCUT2D eigenvalue weighted by molar-refractivity contribution is 14.1. The molecule has 0 fully saturated rings. The van der Waals surface area contributed by atoms with Gasteiger partial charge in [-0.2, -0.15) is 0 Å². The van der Waals surface area contributed by atoms with Crippen LogP contribution in [0.2, 0.25) is 0 Å². The van der Waals surface area contributed by atoms with Crippen molar-refractivity contribution in [3.63, 3.8) is 0 Å². The molecule has 100 valence electrons. The van der Waals surface area contributed by atoms with E-state index in [1.54, 1.807) is 12.3 Å². The molecule has 1 aromatic heterocycles. The standard InChI is InChI=1S/C15H8F2INO/c16-8-2-4-14-11(5-8)12(7-19-14)15(20)10-3-1-9(17)6-13(10)18/h1-7,19H. The molecule has 3 rings (SSSR count). The number of rotatable bonds is 2. The van der Waals surface area contributed by atoms with Gasteiger partial charge in [0.25, 0.3) is 0 Å². The highest BCUT2D eigenvalue weighted by atomic mass is 127. The van der Waals surface area contributed by atoms with Crippen LogP contribution in [0.15, 0.2) is 42.6 Å². The number of ketones is 1. The summed E-state index contributed by atoms with van der Waals surface area (Å²) in [7, 11) is 0. The van der Waals surface area contributed by atoms with Gasteiger partial charge in [0, 0.05) is 31.8 Å². The van der Waals surface area contributed by atoms with E-state index < -0.39 is 11.6 Å². The van der Waals surface area contributed by atoms with Crippen molar-refractivity contribution in [3.8, 4) is 0 Å². The Morgan fingerprint density at radius 1 is 1.00 bits per heavy atom. The zero-order valence-corrected chi connectivity index (χ0v) is 12.2. The number of H-pyrrole nitrogens is 1. The summed E-state index contributed by atoms with van der Waals surface area (Å²) in [5, 5.41) is 0.523. The van der Waals surface area contributed by atoms with Gasteiger partial charge < -0.3 is 4.98 Å². The highest BCUT2D eigenvalue weighted by Crippen LogP contribution is 2.24. The highest BCUT2D eigenvalue weighted by Gasteiger charge is 2.17. The molecule has 0 aliphatic rings. The summed E-state index contributed by atoms with van der Waals surface area (Å²) >= 11 is 1.91. The lowest BCUT2D eigenvalue weighted by atomic mass is 10.0. The third-order valence-electron chi connectivity index (χ3n) is 3.06. The van der Waals surface area contributed by atoms with Crippen LogP contribution in [0.25, 0.3) is 10.9 Å². The first-order chi connectivity index (χ1) is 9.56. The number of aromatic amines is 1. The monoisotopic (exact) mass is 383 g/mol. The smallest absolute Gasteiger partial charge is 0.196 e. The van der Waals surface area contributed by atoms with E-state index in [1.807, 2.05) is 22.6 Å². The Bertz CT molecular complexity index is 826. The molecule has 0 atom stereocenters. The first-order valence-electron chi connectivity index (χ1n) is 5.82. The number of fused-ring (bicyclic) bond motifs is 1. The fourth-order valence-corrected chi connectivity index (χ4v) is 2.82. The topological polar surface area (TPSA) is 32.9 Å². The van der Waals surface area contributed by atoms with E-state index in [0.717, 1.165) is 0 Å². The van der Waals surface area contributed by atoms with E-state index in [2.05, 4.69) is 4.98 Å². The summed E-state index contributed by atoms with van der Waals surface area (Å²) < 4.78 is 26.9. The maximum atomic E-state index is 13.3. The summed E-state index contributed by atoms with van der Waals surface area (Å²) in [5.41, 5.74) is 1.47. The van der Waals surface area contributed by atoms with Crippen LogP contribution in [0, 0.1) is 15.2 Å². The van der Waals surface area contributed by atoms with Crippen molar-refractivity contribution in [2.24, 2.45) is 0 Å². The third-order valence-corrected chi connectivity index (χ3v) is 3.96. The molecule has 0 amide bonds. The Balaban J connectivity index is 2.15. The molecule has 1 N–H and O–H groups in total. The van der Waals surface area contributed by atoms with Crippen molar-refractivity contribution >= 4 is 39.3 Å². The molecule has 2 aromatic carbocycles. The lowest BCUT2D eigenvalue weighted by molar-refractivity contribution is 0.103. The number of halogens is 3. The van der Waals surface area contributed by atoms with Crippen LogP contribution < -0.4 is 0 Å². The van der Waals surface area contributed by atoms with Gasteiger partial charge in [-0.1, -0.05) is 0 Å². The predicted octanol–water partition coefficient (Wildman–Crippen LogP) is 4.28. The average Bonchev–Trinajstić information content (AvgIpc) is 2.81. The Kier molecular flexibility index (Phi) is 3.29. The maximum Gasteiger partial charge on any atom is 0.196 e. The lowest BCUT2D eigenvalue weighted by Gasteiger charge is -2.03. The van der Waals surface area contributed by atoms with Crippen molar-refractivity contribution < 1.29 is 13.6 Å². The van der Waals surface area contributed by atoms with E-state index in [4.69, 9.17) is 0 Å². The molecular formula is C15H8F2INO. The lowest BCUT2D eigenvalue weighted by Crippen LogP contribution is -2.03. The Morgan fingerprint density at radius 3 is 2.45 bits per heavy atom. The number of benzene rings is 2. The van der Waals surface area contributed by atoms with Crippen LogP contribution in [0.3, 0.4) is 0 Å². The Morgan fingerprint density at radius 2 is 1.70 bits per heavy atom. The fraction of sp³-hybridized carbons (Fsp3) is 0. The van der Waals surface area contributed by atoms with Crippen molar-refractivity contribution in [2.45, 2.75) is 0 Å². The van der Waals surface area contributed by atoms with Gasteiger partial charge in [-0.15, -0.1) is 0 Å². The average molecular weight is 383 g/mol. The SMILES string of the molecule is O=C(c1ccc(F)cc1I)c1c[nH]c2ccc(F)cc12. The van der Waals surface area contributed by atoms with Gasteiger partial charge in [0.2, 0.25) is 0 Å². The molecule has 0 aliphatic heterocycles. The van der Waals surface area contributed by atoms with Gasteiger partial charge >= 0.3 is 0 Å². The number of aromatic nitrogens is 1. The second kappa shape index (κ2) is 4.97. The maximum absolute atomic E-state index is 13.3. The molecule has 20 heavy (non-hydrogen) atoms. The quantitative estimate of drug-likeness (QED) is 0.520. The molecule has 0 unspecified atom stereocenters. The fourth-order valence-electron chi connectivity index (χ4n) is 2.10. The number of nitrogens with one attached hydrogen (secondary N) is 1. The number of carbonyl (C=O) groups excluding carboxylic acids is 1. The second-order valence-electron chi connectivity index (χ2n) is 4.35. The largest absolute Gasteiger partial charge is 0.360 e. The van der Waals surface area contributed by atoms with Gasteiger partial charge in [0.15, 0.2) is 5.78 Å². The zero-order valence-electron chi connectivity index (χ0n) is 10.1. The van der Waals surface area contributed by atoms with Crippen LogP contribution in [0.4, 0.5) is 8.78 Å². The molecule has 2 nitrogen and oxygen atoms in total. The van der Waals surface area contributed by atoms with E-state index >= 15 is 0 Å². The molecule has 0 aliphatic carbocycles. The van der Waals surface area contributed by atoms with E-state index in [9.17, 15) is 13.6 Å². The minimum Gasteiger partial charge on any atom is -0.360 e. The van der Waals surface area contributed by atoms with Crippen LogP contribution in [0.5, 0.6) is 0 Å². The van der Waals surface area contributed by atoms with Crippen LogP contribution in [-0.2, 0) is 0 Å². The summed E-state index contributed by atoms with van der Waals surface area (Å²) in [6.07, 6.45) is 1.55. The van der Waals surface area contributed by atoms with Crippen molar-refractivity contribution in [3.05, 3.63) is 68.9 Å². The summed E-state index contributed by atoms with van der Waals surface area (Å²) in [6.45, 7) is 0. The van der Waals surface area contributed by atoms with Gasteiger partial charge in [0.05, 0.1) is 0 Å². The van der Waals surface area contributed by atoms with Crippen molar-refractivity contribution in [1.82, 2.24) is 4.98 Å². The predicted molar refractivity (Wildman–Crippen MR) is 80.8 cm³/mol. The van der Waals surface area contributed by atoms with Gasteiger partial charge in [-0.25, -0.2) is 8.78 Å². The molecule has 0 radical (unpaired) electrons. The minimum absolute atomic E-state index is 0.258. The first kappa shape index (κ1) is 13.2. The van der Waals surface area contributed by atoms with Crippen molar-refractivity contribution in [1.29, 1.82) is 0 Å². The molecule has 3 aromatic rings. The van der Waals surface area contributed by atoms with Gasteiger partial charge in [0.1, 0.15) is 11.6 Å².